The molecule has 0 bridgehead atoms. The fourth-order valence-corrected chi connectivity index (χ4v) is 8.86. The molecule has 0 aromatic heterocycles. The number of aliphatic hydroxyl groups is 2. The molecule has 278 valence electrons. The summed E-state index contributed by atoms with van der Waals surface area (Å²) >= 11 is 0. The molecule has 4 aromatic carbocycles. The van der Waals surface area contributed by atoms with Gasteiger partial charge in [-0.2, -0.15) is 0 Å². The predicted octanol–water partition coefficient (Wildman–Crippen LogP) is 4.88. The van der Waals surface area contributed by atoms with Gasteiger partial charge < -0.3 is 30.2 Å². The molecule has 2 fully saturated rings. The first-order valence-corrected chi connectivity index (χ1v) is 19.0. The Morgan fingerprint density at radius 3 is 2.30 bits per heavy atom. The first kappa shape index (κ1) is 35.7. The molecule has 3 atom stereocenters. The van der Waals surface area contributed by atoms with Gasteiger partial charge in [-0.3, -0.25) is 19.3 Å². The number of nitrogens with zero attached hydrogens (tertiary/aromatic N) is 4. The van der Waals surface area contributed by atoms with Gasteiger partial charge in [0.25, 0.3) is 11.8 Å². The fourth-order valence-electron chi connectivity index (χ4n) is 8.86. The summed E-state index contributed by atoms with van der Waals surface area (Å²) in [6.45, 7) is 4.38. The molecule has 0 radical (unpaired) electrons. The number of aliphatic hydroxyl groups excluding tert-OH is 1. The molecule has 3 N–H and O–H groups in total. The molecule has 0 aliphatic carbocycles. The second-order valence-electron chi connectivity index (χ2n) is 15.0. The number of rotatable bonds is 9. The van der Waals surface area contributed by atoms with Crippen LogP contribution in [0.15, 0.2) is 115 Å². The van der Waals surface area contributed by atoms with Gasteiger partial charge in [0, 0.05) is 35.8 Å². The molecule has 10 nitrogen and oxygen atoms in total. The quantitative estimate of drug-likeness (QED) is 0.211. The average molecular weight is 726 g/mol. The topological polar surface area (TPSA) is 117 Å². The van der Waals surface area contributed by atoms with E-state index in [4.69, 9.17) is 0 Å². The van der Waals surface area contributed by atoms with Crippen molar-refractivity contribution >= 4 is 34.8 Å². The van der Waals surface area contributed by atoms with E-state index in [0.29, 0.717) is 30.9 Å². The maximum Gasteiger partial charge on any atom is 0.264 e. The van der Waals surface area contributed by atoms with E-state index in [1.54, 1.807) is 34.9 Å². The van der Waals surface area contributed by atoms with E-state index in [0.717, 1.165) is 54.0 Å². The van der Waals surface area contributed by atoms with E-state index in [9.17, 15) is 24.6 Å². The Hall–Kier alpha value is -5.29. The van der Waals surface area contributed by atoms with Crippen molar-refractivity contribution in [2.45, 2.75) is 62.9 Å². The number of hydrogen-bond acceptors (Lipinski definition) is 7. The lowest BCUT2D eigenvalue weighted by atomic mass is 9.83. The Kier molecular flexibility index (Phi) is 9.60. The molecule has 2 saturated heterocycles. The smallest absolute Gasteiger partial charge is 0.264 e. The number of para-hydroxylation sites is 2. The molecule has 54 heavy (non-hydrogen) atoms. The zero-order valence-electron chi connectivity index (χ0n) is 30.6. The van der Waals surface area contributed by atoms with Crippen LogP contribution in [0, 0.1) is 5.92 Å². The molecule has 0 saturated carbocycles. The first-order valence-electron chi connectivity index (χ1n) is 19.0. The van der Waals surface area contributed by atoms with Crippen molar-refractivity contribution in [2.24, 2.45) is 5.92 Å². The number of hydrogen-bond donors (Lipinski definition) is 3. The molecule has 10 heteroatoms. The standard InChI is InChI=1S/C44H47N5O5/c1-31(10-9-17-40(51)46-28-34-12-6-5-11-33(34)26-37(46)29-50)44(54)38-15-7-8-16-39(38)47(42(44)53)27-32-18-20-35(21-19-32)48-30-49(36-13-3-2-4-14-36)43(41(48)52)22-24-45-25-23-43/h2-16,18-21,31,37,45,50,54H,17,22-30H2,1H3/b10-9+/t31-,37+,44+/m1/s1. The van der Waals surface area contributed by atoms with Crippen LogP contribution >= 0.6 is 0 Å². The van der Waals surface area contributed by atoms with Gasteiger partial charge in [-0.15, -0.1) is 0 Å². The highest BCUT2D eigenvalue weighted by Gasteiger charge is 2.54. The summed E-state index contributed by atoms with van der Waals surface area (Å²) in [7, 11) is 0. The van der Waals surface area contributed by atoms with Crippen LogP contribution < -0.4 is 20.0 Å². The van der Waals surface area contributed by atoms with Gasteiger partial charge >= 0.3 is 0 Å². The Bertz CT molecular complexity index is 2060. The number of carbonyl (C=O) groups excluding carboxylic acids is 3. The molecule has 0 unspecified atom stereocenters. The first-order chi connectivity index (χ1) is 26.2. The number of anilines is 3. The number of amides is 3. The molecular weight excluding hydrogens is 679 g/mol. The van der Waals surface area contributed by atoms with E-state index in [1.165, 1.54) is 0 Å². The zero-order chi connectivity index (χ0) is 37.5. The Morgan fingerprint density at radius 1 is 0.870 bits per heavy atom. The third kappa shape index (κ3) is 6.08. The largest absolute Gasteiger partial charge is 0.394 e. The highest BCUT2D eigenvalue weighted by Crippen LogP contribution is 2.46. The minimum Gasteiger partial charge on any atom is -0.394 e. The Balaban J connectivity index is 0.969. The second-order valence-corrected chi connectivity index (χ2v) is 15.0. The minimum absolute atomic E-state index is 0.0889. The van der Waals surface area contributed by atoms with E-state index in [1.807, 2.05) is 89.8 Å². The van der Waals surface area contributed by atoms with Crippen molar-refractivity contribution in [1.29, 1.82) is 0 Å². The van der Waals surface area contributed by atoms with Gasteiger partial charge in [0.15, 0.2) is 5.60 Å². The van der Waals surface area contributed by atoms with E-state index < -0.39 is 23.0 Å². The lowest BCUT2D eigenvalue weighted by Gasteiger charge is -2.39. The van der Waals surface area contributed by atoms with Crippen molar-refractivity contribution in [3.8, 4) is 0 Å². The van der Waals surface area contributed by atoms with E-state index in [-0.39, 0.29) is 37.4 Å². The number of nitrogens with one attached hydrogen (secondary N) is 1. The van der Waals surface area contributed by atoms with Crippen LogP contribution in [0.5, 0.6) is 0 Å². The van der Waals surface area contributed by atoms with Gasteiger partial charge in [-0.05, 0) is 79.4 Å². The van der Waals surface area contributed by atoms with Crippen molar-refractivity contribution in [3.63, 3.8) is 0 Å². The highest BCUT2D eigenvalue weighted by atomic mass is 16.3. The number of piperidine rings is 1. The Morgan fingerprint density at radius 2 is 1.56 bits per heavy atom. The third-order valence-electron chi connectivity index (χ3n) is 12.0. The summed E-state index contributed by atoms with van der Waals surface area (Å²) < 4.78 is 0. The van der Waals surface area contributed by atoms with Crippen molar-refractivity contribution < 1.29 is 24.6 Å². The van der Waals surface area contributed by atoms with Gasteiger partial charge in [0.05, 0.1) is 31.5 Å². The molecule has 4 aromatic rings. The van der Waals surface area contributed by atoms with Crippen molar-refractivity contribution in [3.05, 3.63) is 138 Å². The number of carbonyl (C=O) groups is 3. The maximum absolute atomic E-state index is 14.2. The molecular formula is C44H47N5O5. The average Bonchev–Trinajstić information content (AvgIpc) is 3.61. The van der Waals surface area contributed by atoms with Crippen molar-refractivity contribution in [1.82, 2.24) is 10.2 Å². The van der Waals surface area contributed by atoms with Gasteiger partial charge in [0.1, 0.15) is 5.54 Å². The number of benzene rings is 4. The van der Waals surface area contributed by atoms with Crippen LogP contribution in [-0.4, -0.2) is 70.8 Å². The van der Waals surface area contributed by atoms with Gasteiger partial charge in [0.2, 0.25) is 5.91 Å². The van der Waals surface area contributed by atoms with E-state index in [2.05, 4.69) is 22.3 Å². The molecule has 8 rings (SSSR count). The minimum atomic E-state index is -1.82. The Labute approximate surface area is 316 Å². The fraction of sp³-hybridized carbons (Fsp3) is 0.341. The summed E-state index contributed by atoms with van der Waals surface area (Å²) in [6, 6.07) is 32.9. The molecule has 4 aliphatic rings. The summed E-state index contributed by atoms with van der Waals surface area (Å²) in [5, 5.41) is 25.6. The predicted molar refractivity (Wildman–Crippen MR) is 209 cm³/mol. The van der Waals surface area contributed by atoms with Crippen LogP contribution in [0.25, 0.3) is 0 Å². The lowest BCUT2D eigenvalue weighted by molar-refractivity contribution is -0.139. The third-order valence-corrected chi connectivity index (χ3v) is 12.0. The molecule has 1 spiro atoms. The van der Waals surface area contributed by atoms with Gasteiger partial charge in [-0.25, -0.2) is 0 Å². The van der Waals surface area contributed by atoms with Crippen LogP contribution in [-0.2, 0) is 39.5 Å². The molecule has 4 heterocycles. The SMILES string of the molecule is C[C@H](/C=C/CC(=O)N1Cc2ccccc2C[C@H]1CO)[C@@]1(O)C(=O)N(Cc2ccc(N3CN(c4ccccc4)C4(CCNCC4)C3=O)cc2)c2ccccc21. The monoisotopic (exact) mass is 725 g/mol. The summed E-state index contributed by atoms with van der Waals surface area (Å²) in [6.07, 6.45) is 5.63. The number of fused-ring (bicyclic) bond motifs is 2. The van der Waals surface area contributed by atoms with Crippen molar-refractivity contribution in [2.75, 3.05) is 41.1 Å². The molecule has 3 amide bonds. The molecule has 4 aliphatic heterocycles. The van der Waals surface area contributed by atoms with Crippen LogP contribution in [0.1, 0.15) is 48.4 Å². The van der Waals surface area contributed by atoms with Crippen LogP contribution in [0.2, 0.25) is 0 Å². The highest BCUT2D eigenvalue weighted by molar-refractivity contribution is 6.08. The summed E-state index contributed by atoms with van der Waals surface area (Å²) in [5.74, 6) is -1.06. The maximum atomic E-state index is 14.2. The normalized spacial score (nSPS) is 22.6. The van der Waals surface area contributed by atoms with Gasteiger partial charge in [-0.1, -0.05) is 91.9 Å². The van der Waals surface area contributed by atoms with Crippen LogP contribution in [0.3, 0.4) is 0 Å². The zero-order valence-corrected chi connectivity index (χ0v) is 30.6. The van der Waals surface area contributed by atoms with E-state index >= 15 is 0 Å². The summed E-state index contributed by atoms with van der Waals surface area (Å²) in [4.78, 5) is 49.2. The van der Waals surface area contributed by atoms with Crippen LogP contribution in [0.4, 0.5) is 17.1 Å². The second kappa shape index (κ2) is 14.5. The lowest BCUT2D eigenvalue weighted by Crippen LogP contribution is -2.55. The summed E-state index contributed by atoms with van der Waals surface area (Å²) in [5.41, 5.74) is 3.68.